The zero-order chi connectivity index (χ0) is 9.10. The molecule has 0 radical (unpaired) electrons. The minimum absolute atomic E-state index is 0.325. The molecular formula is C9H15N3O. The van der Waals surface area contributed by atoms with E-state index < -0.39 is 0 Å². The second-order valence-electron chi connectivity index (χ2n) is 3.53. The van der Waals surface area contributed by atoms with Crippen LogP contribution in [0.2, 0.25) is 0 Å². The molecule has 1 aliphatic rings. The number of imidazole rings is 1. The summed E-state index contributed by atoms with van der Waals surface area (Å²) in [5.41, 5.74) is 0. The fourth-order valence-electron chi connectivity index (χ4n) is 1.76. The van der Waals surface area contributed by atoms with Gasteiger partial charge in [-0.1, -0.05) is 0 Å². The molecule has 0 unspecified atom stereocenters. The molecule has 0 amide bonds. The standard InChI is InChI=1S/C9H15N3O/c13-7-8-1-5-12(6-2-8)9-10-3-4-11-9/h3-4,8,13H,1-2,5-7H2,(H,10,11). The van der Waals surface area contributed by atoms with Gasteiger partial charge in [0.1, 0.15) is 0 Å². The average molecular weight is 181 g/mol. The van der Waals surface area contributed by atoms with Crippen molar-refractivity contribution in [1.82, 2.24) is 9.97 Å². The van der Waals surface area contributed by atoms with Gasteiger partial charge in [0.15, 0.2) is 0 Å². The van der Waals surface area contributed by atoms with Gasteiger partial charge in [-0.3, -0.25) is 0 Å². The normalized spacial score (nSPS) is 19.3. The number of aliphatic hydroxyl groups excluding tert-OH is 1. The van der Waals surface area contributed by atoms with E-state index in [1.807, 2.05) is 6.20 Å². The van der Waals surface area contributed by atoms with Crippen LogP contribution in [0.3, 0.4) is 0 Å². The van der Waals surface area contributed by atoms with Gasteiger partial charge in [-0.05, 0) is 18.8 Å². The first-order valence-corrected chi connectivity index (χ1v) is 4.75. The molecule has 13 heavy (non-hydrogen) atoms. The number of anilines is 1. The second kappa shape index (κ2) is 3.79. The minimum Gasteiger partial charge on any atom is -0.396 e. The Balaban J connectivity index is 1.92. The van der Waals surface area contributed by atoms with E-state index in [9.17, 15) is 0 Å². The van der Waals surface area contributed by atoms with Crippen LogP contribution in [0.4, 0.5) is 5.95 Å². The van der Waals surface area contributed by atoms with Crippen LogP contribution < -0.4 is 4.90 Å². The Morgan fingerprint density at radius 1 is 1.54 bits per heavy atom. The first kappa shape index (κ1) is 8.56. The summed E-state index contributed by atoms with van der Waals surface area (Å²) in [4.78, 5) is 9.52. The molecule has 1 aliphatic heterocycles. The lowest BCUT2D eigenvalue weighted by Gasteiger charge is -2.30. The Bertz CT molecular complexity index is 239. The van der Waals surface area contributed by atoms with Crippen LogP contribution >= 0.6 is 0 Å². The predicted octanol–water partition coefficient (Wildman–Crippen LogP) is 0.618. The monoisotopic (exact) mass is 181 g/mol. The van der Waals surface area contributed by atoms with E-state index in [4.69, 9.17) is 5.11 Å². The molecule has 4 nitrogen and oxygen atoms in total. The van der Waals surface area contributed by atoms with Crippen molar-refractivity contribution >= 4 is 5.95 Å². The number of aliphatic hydroxyl groups is 1. The third kappa shape index (κ3) is 1.83. The van der Waals surface area contributed by atoms with Crippen molar-refractivity contribution in [1.29, 1.82) is 0 Å². The van der Waals surface area contributed by atoms with Crippen LogP contribution in [0.15, 0.2) is 12.4 Å². The number of nitrogens with zero attached hydrogens (tertiary/aromatic N) is 2. The molecule has 2 N–H and O–H groups in total. The van der Waals surface area contributed by atoms with Gasteiger partial charge in [0.2, 0.25) is 5.95 Å². The van der Waals surface area contributed by atoms with Crippen molar-refractivity contribution in [2.45, 2.75) is 12.8 Å². The molecule has 0 spiro atoms. The maximum Gasteiger partial charge on any atom is 0.202 e. The topological polar surface area (TPSA) is 52.1 Å². The Morgan fingerprint density at radius 2 is 2.31 bits per heavy atom. The highest BCUT2D eigenvalue weighted by molar-refractivity contribution is 5.29. The highest BCUT2D eigenvalue weighted by Gasteiger charge is 2.19. The summed E-state index contributed by atoms with van der Waals surface area (Å²) in [6.45, 7) is 2.32. The van der Waals surface area contributed by atoms with E-state index >= 15 is 0 Å². The van der Waals surface area contributed by atoms with Gasteiger partial charge in [0, 0.05) is 32.1 Å². The van der Waals surface area contributed by atoms with E-state index in [-0.39, 0.29) is 0 Å². The van der Waals surface area contributed by atoms with E-state index in [0.29, 0.717) is 12.5 Å². The summed E-state index contributed by atoms with van der Waals surface area (Å²) in [5, 5.41) is 8.97. The predicted molar refractivity (Wildman–Crippen MR) is 50.6 cm³/mol. The number of H-pyrrole nitrogens is 1. The van der Waals surface area contributed by atoms with Crippen molar-refractivity contribution in [2.75, 3.05) is 24.6 Å². The van der Waals surface area contributed by atoms with Crippen molar-refractivity contribution in [3.63, 3.8) is 0 Å². The molecule has 1 aromatic heterocycles. The van der Waals surface area contributed by atoms with E-state index in [0.717, 1.165) is 31.9 Å². The molecule has 2 rings (SSSR count). The van der Waals surface area contributed by atoms with Crippen LogP contribution in [-0.2, 0) is 0 Å². The van der Waals surface area contributed by atoms with E-state index in [1.165, 1.54) is 0 Å². The molecule has 0 saturated carbocycles. The molecule has 2 heterocycles. The fourth-order valence-corrected chi connectivity index (χ4v) is 1.76. The molecule has 0 aromatic carbocycles. The van der Waals surface area contributed by atoms with Crippen LogP contribution in [0.1, 0.15) is 12.8 Å². The van der Waals surface area contributed by atoms with Crippen molar-refractivity contribution < 1.29 is 5.11 Å². The summed E-state index contributed by atoms with van der Waals surface area (Å²) < 4.78 is 0. The molecule has 72 valence electrons. The highest BCUT2D eigenvalue weighted by atomic mass is 16.3. The van der Waals surface area contributed by atoms with Crippen LogP contribution in [0.25, 0.3) is 0 Å². The van der Waals surface area contributed by atoms with Gasteiger partial charge >= 0.3 is 0 Å². The van der Waals surface area contributed by atoms with Gasteiger partial charge < -0.3 is 15.0 Å². The fraction of sp³-hybridized carbons (Fsp3) is 0.667. The smallest absolute Gasteiger partial charge is 0.202 e. The number of aromatic nitrogens is 2. The Kier molecular flexibility index (Phi) is 2.49. The zero-order valence-electron chi connectivity index (χ0n) is 7.61. The Labute approximate surface area is 77.6 Å². The Morgan fingerprint density at radius 3 is 2.85 bits per heavy atom. The van der Waals surface area contributed by atoms with Gasteiger partial charge in [0.05, 0.1) is 0 Å². The van der Waals surface area contributed by atoms with E-state index in [1.54, 1.807) is 6.20 Å². The van der Waals surface area contributed by atoms with Crippen molar-refractivity contribution in [3.8, 4) is 0 Å². The zero-order valence-corrected chi connectivity index (χ0v) is 7.61. The lowest BCUT2D eigenvalue weighted by Crippen LogP contribution is -2.35. The quantitative estimate of drug-likeness (QED) is 0.703. The van der Waals surface area contributed by atoms with Crippen molar-refractivity contribution in [3.05, 3.63) is 12.4 Å². The molecule has 1 saturated heterocycles. The highest BCUT2D eigenvalue weighted by Crippen LogP contribution is 2.19. The largest absolute Gasteiger partial charge is 0.396 e. The molecule has 0 atom stereocenters. The van der Waals surface area contributed by atoms with Gasteiger partial charge in [-0.25, -0.2) is 4.98 Å². The lowest BCUT2D eigenvalue weighted by molar-refractivity contribution is 0.202. The third-order valence-corrected chi connectivity index (χ3v) is 2.66. The molecular weight excluding hydrogens is 166 g/mol. The molecule has 4 heteroatoms. The van der Waals surface area contributed by atoms with E-state index in [2.05, 4.69) is 14.9 Å². The number of hydrogen-bond donors (Lipinski definition) is 2. The first-order chi connectivity index (χ1) is 6.40. The third-order valence-electron chi connectivity index (χ3n) is 2.66. The van der Waals surface area contributed by atoms with Crippen LogP contribution in [-0.4, -0.2) is 34.8 Å². The van der Waals surface area contributed by atoms with Gasteiger partial charge in [-0.15, -0.1) is 0 Å². The maximum absolute atomic E-state index is 8.97. The molecule has 1 fully saturated rings. The first-order valence-electron chi connectivity index (χ1n) is 4.75. The number of rotatable bonds is 2. The maximum atomic E-state index is 8.97. The molecule has 1 aromatic rings. The van der Waals surface area contributed by atoms with Crippen LogP contribution in [0, 0.1) is 5.92 Å². The summed E-state index contributed by atoms with van der Waals surface area (Å²) in [6, 6.07) is 0. The SMILES string of the molecule is OCC1CCN(c2ncc[nH]2)CC1. The minimum atomic E-state index is 0.325. The number of aromatic amines is 1. The van der Waals surface area contributed by atoms with Crippen LogP contribution in [0.5, 0.6) is 0 Å². The number of piperidine rings is 1. The second-order valence-corrected chi connectivity index (χ2v) is 3.53. The van der Waals surface area contributed by atoms with Gasteiger partial charge in [-0.2, -0.15) is 0 Å². The Hall–Kier alpha value is -1.03. The number of nitrogens with one attached hydrogen (secondary N) is 1. The summed E-state index contributed by atoms with van der Waals surface area (Å²) in [5.74, 6) is 1.45. The summed E-state index contributed by atoms with van der Waals surface area (Å²) in [7, 11) is 0. The van der Waals surface area contributed by atoms with Crippen molar-refractivity contribution in [2.24, 2.45) is 5.92 Å². The molecule has 0 aliphatic carbocycles. The lowest BCUT2D eigenvalue weighted by atomic mass is 9.98. The summed E-state index contributed by atoms with van der Waals surface area (Å²) >= 11 is 0. The average Bonchev–Trinajstić information content (AvgIpc) is 2.71. The van der Waals surface area contributed by atoms with Gasteiger partial charge in [0.25, 0.3) is 0 Å². The number of hydrogen-bond acceptors (Lipinski definition) is 3. The summed E-state index contributed by atoms with van der Waals surface area (Å²) in [6.07, 6.45) is 5.75. The molecule has 0 bridgehead atoms.